The molecule has 0 bridgehead atoms. The van der Waals surface area contributed by atoms with Crippen LogP contribution in [-0.4, -0.2) is 47.6 Å². The van der Waals surface area contributed by atoms with E-state index in [1.807, 2.05) is 26.8 Å². The van der Waals surface area contributed by atoms with Gasteiger partial charge in [0.2, 0.25) is 11.8 Å². The third kappa shape index (κ3) is 8.53. The standard InChI is InChI=1S/C27H38N4O4/c1-27(2,3)35-26(33)22(20-12-14-24(34-4)30-18-20)15-17-28-23(32)10-6-5-9-21-13-11-19-8-7-16-29-25(19)31-21/h11-14,18,22H,5-10,15-17H2,1-4H3,(H,28,32)(H,29,31). The number of methoxy groups -OCH3 is 1. The van der Waals surface area contributed by atoms with E-state index in [1.165, 1.54) is 5.56 Å². The zero-order valence-corrected chi connectivity index (χ0v) is 21.4. The van der Waals surface area contributed by atoms with Crippen molar-refractivity contribution in [3.8, 4) is 5.88 Å². The molecular weight excluding hydrogens is 444 g/mol. The Morgan fingerprint density at radius 1 is 1.17 bits per heavy atom. The molecule has 2 aromatic rings. The van der Waals surface area contributed by atoms with Crippen molar-refractivity contribution >= 4 is 17.7 Å². The lowest BCUT2D eigenvalue weighted by Gasteiger charge is -2.24. The van der Waals surface area contributed by atoms with Crippen LogP contribution < -0.4 is 15.4 Å². The van der Waals surface area contributed by atoms with Gasteiger partial charge >= 0.3 is 5.97 Å². The number of pyridine rings is 2. The second-order valence-corrected chi connectivity index (χ2v) is 9.91. The Labute approximate surface area is 208 Å². The van der Waals surface area contributed by atoms with Gasteiger partial charge in [0, 0.05) is 37.5 Å². The van der Waals surface area contributed by atoms with Crippen LogP contribution in [0.1, 0.15) is 75.6 Å². The normalized spacial score (nSPS) is 13.8. The van der Waals surface area contributed by atoms with Crippen molar-refractivity contribution in [3.63, 3.8) is 0 Å². The van der Waals surface area contributed by atoms with Crippen LogP contribution in [0.3, 0.4) is 0 Å². The van der Waals surface area contributed by atoms with Crippen LogP contribution in [-0.2, 0) is 27.2 Å². The molecule has 8 nitrogen and oxygen atoms in total. The van der Waals surface area contributed by atoms with Gasteiger partial charge in [-0.15, -0.1) is 0 Å². The highest BCUT2D eigenvalue weighted by molar-refractivity contribution is 5.79. The zero-order valence-electron chi connectivity index (χ0n) is 21.4. The number of carbonyl (C=O) groups excluding carboxylic acids is 2. The Kier molecular flexibility index (Phi) is 9.46. The third-order valence-electron chi connectivity index (χ3n) is 5.86. The summed E-state index contributed by atoms with van der Waals surface area (Å²) in [5, 5.41) is 6.31. The molecule has 2 aromatic heterocycles. The number of nitrogens with one attached hydrogen (secondary N) is 2. The fraction of sp³-hybridized carbons (Fsp3) is 0.556. The van der Waals surface area contributed by atoms with Gasteiger partial charge in [-0.3, -0.25) is 9.59 Å². The van der Waals surface area contributed by atoms with Crippen LogP contribution >= 0.6 is 0 Å². The van der Waals surface area contributed by atoms with Gasteiger partial charge < -0.3 is 20.1 Å². The van der Waals surface area contributed by atoms with E-state index in [0.717, 1.165) is 55.7 Å². The summed E-state index contributed by atoms with van der Waals surface area (Å²) < 4.78 is 10.7. The molecule has 0 fully saturated rings. The van der Waals surface area contributed by atoms with Crippen LogP contribution in [0.25, 0.3) is 0 Å². The van der Waals surface area contributed by atoms with Crippen LogP contribution in [0, 0.1) is 0 Å². The Morgan fingerprint density at radius 3 is 2.71 bits per heavy atom. The minimum absolute atomic E-state index is 0.0131. The lowest BCUT2D eigenvalue weighted by atomic mass is 9.97. The predicted octanol–water partition coefficient (Wildman–Crippen LogP) is 4.19. The van der Waals surface area contributed by atoms with E-state index in [0.29, 0.717) is 25.3 Å². The number of amides is 1. The molecule has 0 aromatic carbocycles. The largest absolute Gasteiger partial charge is 0.481 e. The van der Waals surface area contributed by atoms with E-state index in [4.69, 9.17) is 14.5 Å². The molecule has 1 atom stereocenters. The van der Waals surface area contributed by atoms with Crippen molar-refractivity contribution in [1.29, 1.82) is 0 Å². The van der Waals surface area contributed by atoms with E-state index in [-0.39, 0.29) is 11.9 Å². The summed E-state index contributed by atoms with van der Waals surface area (Å²) in [7, 11) is 1.55. The van der Waals surface area contributed by atoms with E-state index >= 15 is 0 Å². The average Bonchev–Trinajstić information content (AvgIpc) is 2.83. The summed E-state index contributed by atoms with van der Waals surface area (Å²) in [5.41, 5.74) is 2.49. The minimum Gasteiger partial charge on any atom is -0.481 e. The predicted molar refractivity (Wildman–Crippen MR) is 136 cm³/mol. The van der Waals surface area contributed by atoms with E-state index in [9.17, 15) is 9.59 Å². The molecule has 1 aliphatic heterocycles. The number of fused-ring (bicyclic) bond motifs is 1. The maximum atomic E-state index is 12.8. The summed E-state index contributed by atoms with van der Waals surface area (Å²) in [6.07, 6.45) is 7.28. The van der Waals surface area contributed by atoms with Crippen molar-refractivity contribution in [2.24, 2.45) is 0 Å². The van der Waals surface area contributed by atoms with E-state index < -0.39 is 11.5 Å². The summed E-state index contributed by atoms with van der Waals surface area (Å²) in [4.78, 5) is 34.1. The number of aryl methyl sites for hydroxylation is 2. The minimum atomic E-state index is -0.596. The fourth-order valence-corrected chi connectivity index (χ4v) is 4.06. The van der Waals surface area contributed by atoms with Crippen molar-refractivity contribution in [2.75, 3.05) is 25.5 Å². The monoisotopic (exact) mass is 482 g/mol. The SMILES string of the molecule is COc1ccc(C(CCNC(=O)CCCCc2ccc3c(n2)NCCC3)C(=O)OC(C)(C)C)cn1. The van der Waals surface area contributed by atoms with Crippen molar-refractivity contribution in [1.82, 2.24) is 15.3 Å². The molecule has 1 amide bonds. The number of hydrogen-bond donors (Lipinski definition) is 2. The van der Waals surface area contributed by atoms with Gasteiger partial charge in [-0.05, 0) is 76.5 Å². The molecule has 190 valence electrons. The van der Waals surface area contributed by atoms with Gasteiger partial charge in [0.15, 0.2) is 0 Å². The Bertz CT molecular complexity index is 986. The first-order valence-corrected chi connectivity index (χ1v) is 12.5. The smallest absolute Gasteiger partial charge is 0.314 e. The van der Waals surface area contributed by atoms with Gasteiger partial charge in [-0.25, -0.2) is 9.97 Å². The van der Waals surface area contributed by atoms with Crippen LogP contribution in [0.4, 0.5) is 5.82 Å². The maximum absolute atomic E-state index is 12.8. The van der Waals surface area contributed by atoms with Gasteiger partial charge in [-0.1, -0.05) is 12.1 Å². The molecule has 1 aliphatic rings. The summed E-state index contributed by atoms with van der Waals surface area (Å²) in [6, 6.07) is 7.79. The molecule has 1 unspecified atom stereocenters. The molecule has 35 heavy (non-hydrogen) atoms. The maximum Gasteiger partial charge on any atom is 0.314 e. The molecule has 0 saturated carbocycles. The second kappa shape index (κ2) is 12.5. The number of ether oxygens (including phenoxy) is 2. The van der Waals surface area contributed by atoms with Crippen LogP contribution in [0.2, 0.25) is 0 Å². The zero-order chi connectivity index (χ0) is 25.3. The van der Waals surface area contributed by atoms with E-state index in [2.05, 4.69) is 27.8 Å². The summed E-state index contributed by atoms with van der Waals surface area (Å²) in [6.45, 7) is 6.88. The fourth-order valence-electron chi connectivity index (χ4n) is 4.06. The molecule has 0 radical (unpaired) electrons. The van der Waals surface area contributed by atoms with Crippen molar-refractivity contribution < 1.29 is 19.1 Å². The molecule has 0 aliphatic carbocycles. The number of esters is 1. The number of rotatable bonds is 11. The molecule has 2 N–H and O–H groups in total. The summed E-state index contributed by atoms with van der Waals surface area (Å²) in [5.74, 6) is 0.633. The van der Waals surface area contributed by atoms with Gasteiger partial charge in [0.05, 0.1) is 13.0 Å². The lowest BCUT2D eigenvalue weighted by molar-refractivity contribution is -0.157. The van der Waals surface area contributed by atoms with Gasteiger partial charge in [0.1, 0.15) is 11.4 Å². The van der Waals surface area contributed by atoms with Crippen LogP contribution in [0.5, 0.6) is 5.88 Å². The first kappa shape index (κ1) is 26.4. The number of hydrogen-bond acceptors (Lipinski definition) is 7. The van der Waals surface area contributed by atoms with E-state index in [1.54, 1.807) is 19.4 Å². The molecule has 3 heterocycles. The van der Waals surface area contributed by atoms with Crippen LogP contribution in [0.15, 0.2) is 30.5 Å². The second-order valence-electron chi connectivity index (χ2n) is 9.91. The number of anilines is 1. The topological polar surface area (TPSA) is 102 Å². The molecule has 3 rings (SSSR count). The number of carbonyl (C=O) groups is 2. The third-order valence-corrected chi connectivity index (χ3v) is 5.86. The highest BCUT2D eigenvalue weighted by Gasteiger charge is 2.27. The molecule has 0 saturated heterocycles. The van der Waals surface area contributed by atoms with Gasteiger partial charge in [-0.2, -0.15) is 0 Å². The Morgan fingerprint density at radius 2 is 2.00 bits per heavy atom. The number of aromatic nitrogens is 2. The molecular formula is C27H38N4O4. The first-order valence-electron chi connectivity index (χ1n) is 12.5. The number of unbranched alkanes of at least 4 members (excludes halogenated alkanes) is 1. The number of nitrogens with zero attached hydrogens (tertiary/aromatic N) is 2. The Balaban J connectivity index is 1.43. The van der Waals surface area contributed by atoms with Crippen molar-refractivity contribution in [3.05, 3.63) is 47.3 Å². The first-order chi connectivity index (χ1) is 16.7. The van der Waals surface area contributed by atoms with Gasteiger partial charge in [0.25, 0.3) is 0 Å². The summed E-state index contributed by atoms with van der Waals surface area (Å²) >= 11 is 0. The molecule has 0 spiro atoms. The quantitative estimate of drug-likeness (QED) is 0.366. The highest BCUT2D eigenvalue weighted by Crippen LogP contribution is 2.25. The van der Waals surface area contributed by atoms with Crippen molar-refractivity contribution in [2.45, 2.75) is 77.2 Å². The Hall–Kier alpha value is -3.16. The average molecular weight is 483 g/mol. The molecule has 8 heteroatoms. The highest BCUT2D eigenvalue weighted by atomic mass is 16.6. The lowest BCUT2D eigenvalue weighted by Crippen LogP contribution is -2.31.